The lowest BCUT2D eigenvalue weighted by Crippen LogP contribution is -2.07. The van der Waals surface area contributed by atoms with Gasteiger partial charge in [-0.3, -0.25) is 9.36 Å². The average molecular weight is 400 g/mol. The third-order valence-corrected chi connectivity index (χ3v) is 5.48. The number of hydrogen-bond donors (Lipinski definition) is 1. The topological polar surface area (TPSA) is 73.5 Å². The third-order valence-electron chi connectivity index (χ3n) is 4.10. The van der Waals surface area contributed by atoms with Crippen molar-refractivity contribution in [1.82, 2.24) is 29.8 Å². The van der Waals surface area contributed by atoms with Crippen molar-refractivity contribution in [2.24, 2.45) is 0 Å². The molecule has 4 aromatic rings. The molecule has 0 aliphatic heterocycles. The van der Waals surface area contributed by atoms with E-state index in [1.54, 1.807) is 0 Å². The summed E-state index contributed by atoms with van der Waals surface area (Å²) in [6.07, 6.45) is 3.85. The van der Waals surface area contributed by atoms with Gasteiger partial charge in [0.05, 0.1) is 12.2 Å². The van der Waals surface area contributed by atoms with E-state index in [-0.39, 0.29) is 6.04 Å². The molecule has 138 valence electrons. The molecular formula is C18H18ClN7S. The van der Waals surface area contributed by atoms with Crippen molar-refractivity contribution in [1.29, 1.82) is 0 Å². The van der Waals surface area contributed by atoms with Crippen LogP contribution >= 0.6 is 22.9 Å². The van der Waals surface area contributed by atoms with Crippen LogP contribution in [0.2, 0.25) is 5.02 Å². The van der Waals surface area contributed by atoms with Crippen molar-refractivity contribution in [3.05, 3.63) is 70.1 Å². The number of aryl methyl sites for hydroxylation is 1. The highest BCUT2D eigenvalue weighted by atomic mass is 35.5. The molecule has 7 nitrogen and oxygen atoms in total. The number of aromatic nitrogens is 6. The van der Waals surface area contributed by atoms with E-state index in [0.717, 1.165) is 21.3 Å². The summed E-state index contributed by atoms with van der Waals surface area (Å²) < 4.78 is 3.72. The molecule has 0 aliphatic carbocycles. The second kappa shape index (κ2) is 7.50. The van der Waals surface area contributed by atoms with Crippen LogP contribution in [0.5, 0.6) is 0 Å². The van der Waals surface area contributed by atoms with Gasteiger partial charge < -0.3 is 5.32 Å². The Morgan fingerprint density at radius 3 is 2.74 bits per heavy atom. The first kappa shape index (κ1) is 17.7. The van der Waals surface area contributed by atoms with Gasteiger partial charge in [-0.25, -0.2) is 0 Å². The maximum absolute atomic E-state index is 6.21. The summed E-state index contributed by atoms with van der Waals surface area (Å²) in [7, 11) is 0. The van der Waals surface area contributed by atoms with Gasteiger partial charge in [0.15, 0.2) is 5.82 Å². The predicted molar refractivity (Wildman–Crippen MR) is 107 cm³/mol. The van der Waals surface area contributed by atoms with E-state index in [4.69, 9.17) is 11.6 Å². The Morgan fingerprint density at radius 1 is 1.11 bits per heavy atom. The summed E-state index contributed by atoms with van der Waals surface area (Å²) in [6, 6.07) is 11.7. The van der Waals surface area contributed by atoms with Crippen LogP contribution in [-0.4, -0.2) is 29.8 Å². The van der Waals surface area contributed by atoms with Crippen LogP contribution in [0.3, 0.4) is 0 Å². The Balaban J connectivity index is 1.44. The van der Waals surface area contributed by atoms with Crippen molar-refractivity contribution in [2.75, 3.05) is 5.32 Å². The molecular weight excluding hydrogens is 382 g/mol. The first-order chi connectivity index (χ1) is 13.1. The largest absolute Gasteiger partial charge is 0.313 e. The van der Waals surface area contributed by atoms with Gasteiger partial charge in [0.1, 0.15) is 11.0 Å². The molecule has 0 saturated carbocycles. The van der Waals surface area contributed by atoms with Crippen LogP contribution < -0.4 is 5.32 Å². The number of hydrogen-bond acceptors (Lipinski definition) is 6. The molecule has 1 unspecified atom stereocenters. The summed E-state index contributed by atoms with van der Waals surface area (Å²) in [5, 5.41) is 23.0. The Morgan fingerprint density at radius 2 is 1.96 bits per heavy atom. The maximum atomic E-state index is 6.21. The second-order valence-corrected chi connectivity index (χ2v) is 7.59. The Kier molecular flexibility index (Phi) is 4.91. The van der Waals surface area contributed by atoms with Gasteiger partial charge >= 0.3 is 0 Å². The van der Waals surface area contributed by atoms with E-state index in [9.17, 15) is 0 Å². The molecule has 3 heterocycles. The van der Waals surface area contributed by atoms with Crippen LogP contribution in [0, 0.1) is 6.92 Å². The summed E-state index contributed by atoms with van der Waals surface area (Å²) in [5.74, 6) is 0.715. The molecule has 0 radical (unpaired) electrons. The van der Waals surface area contributed by atoms with E-state index in [1.807, 2.05) is 65.1 Å². The van der Waals surface area contributed by atoms with E-state index in [2.05, 4.69) is 32.6 Å². The molecule has 1 atom stereocenters. The fourth-order valence-corrected chi connectivity index (χ4v) is 3.63. The van der Waals surface area contributed by atoms with E-state index >= 15 is 0 Å². The van der Waals surface area contributed by atoms with Gasteiger partial charge in [-0.1, -0.05) is 41.1 Å². The van der Waals surface area contributed by atoms with Gasteiger partial charge in [0, 0.05) is 23.5 Å². The second-order valence-electron chi connectivity index (χ2n) is 6.17. The van der Waals surface area contributed by atoms with Crippen molar-refractivity contribution in [3.8, 4) is 0 Å². The minimum atomic E-state index is 0.0320. The summed E-state index contributed by atoms with van der Waals surface area (Å²) in [4.78, 5) is 0. The Hall–Kier alpha value is -2.71. The smallest absolute Gasteiger partial charge is 0.211 e. The number of rotatable bonds is 6. The lowest BCUT2D eigenvalue weighted by molar-refractivity contribution is 0.554. The number of halogens is 1. The lowest BCUT2D eigenvalue weighted by Gasteiger charge is -2.07. The lowest BCUT2D eigenvalue weighted by atomic mass is 10.2. The molecule has 1 aromatic carbocycles. The zero-order valence-electron chi connectivity index (χ0n) is 14.9. The number of nitrogens with zero attached hydrogens (tertiary/aromatic N) is 6. The van der Waals surface area contributed by atoms with Crippen LogP contribution in [0.25, 0.3) is 0 Å². The van der Waals surface area contributed by atoms with Gasteiger partial charge in [-0.15, -0.1) is 10.2 Å². The Labute approximate surface area is 165 Å². The van der Waals surface area contributed by atoms with Gasteiger partial charge in [0.2, 0.25) is 5.13 Å². The number of anilines is 2. The zero-order valence-corrected chi connectivity index (χ0v) is 16.4. The summed E-state index contributed by atoms with van der Waals surface area (Å²) >= 11 is 7.71. The van der Waals surface area contributed by atoms with Crippen molar-refractivity contribution in [2.45, 2.75) is 26.4 Å². The predicted octanol–water partition coefficient (Wildman–Crippen LogP) is 4.29. The SMILES string of the molecule is Cc1ccn(C(C)c2nnc(Nc3ccn(Cc4ccccc4Cl)n3)s2)n1. The third kappa shape index (κ3) is 4.01. The van der Waals surface area contributed by atoms with Crippen molar-refractivity contribution < 1.29 is 0 Å². The highest BCUT2D eigenvalue weighted by Gasteiger charge is 2.15. The van der Waals surface area contributed by atoms with Crippen LogP contribution in [0.1, 0.15) is 29.2 Å². The molecule has 4 rings (SSSR count). The Bertz CT molecular complexity index is 1050. The van der Waals surface area contributed by atoms with E-state index in [0.29, 0.717) is 17.5 Å². The molecule has 0 aliphatic rings. The monoisotopic (exact) mass is 399 g/mol. The highest BCUT2D eigenvalue weighted by Crippen LogP contribution is 2.26. The molecule has 1 N–H and O–H groups in total. The van der Waals surface area contributed by atoms with E-state index < -0.39 is 0 Å². The molecule has 3 aromatic heterocycles. The highest BCUT2D eigenvalue weighted by molar-refractivity contribution is 7.15. The average Bonchev–Trinajstić information content (AvgIpc) is 3.39. The molecule has 0 fully saturated rings. The van der Waals surface area contributed by atoms with Crippen molar-refractivity contribution >= 4 is 33.9 Å². The molecule has 0 spiro atoms. The summed E-state index contributed by atoms with van der Waals surface area (Å²) in [6.45, 7) is 4.63. The number of benzene rings is 1. The fraction of sp³-hybridized carbons (Fsp3) is 0.222. The summed E-state index contributed by atoms with van der Waals surface area (Å²) in [5.41, 5.74) is 2.00. The maximum Gasteiger partial charge on any atom is 0.211 e. The van der Waals surface area contributed by atoms with Crippen molar-refractivity contribution in [3.63, 3.8) is 0 Å². The van der Waals surface area contributed by atoms with Gasteiger partial charge in [0.25, 0.3) is 0 Å². The first-order valence-electron chi connectivity index (χ1n) is 8.47. The van der Waals surface area contributed by atoms with E-state index in [1.165, 1.54) is 11.3 Å². The van der Waals surface area contributed by atoms with Crippen LogP contribution in [-0.2, 0) is 6.54 Å². The van der Waals surface area contributed by atoms with Crippen LogP contribution in [0.4, 0.5) is 10.9 Å². The quantitative estimate of drug-likeness (QED) is 0.523. The first-order valence-corrected chi connectivity index (χ1v) is 9.67. The fourth-order valence-electron chi connectivity index (χ4n) is 2.64. The van der Waals surface area contributed by atoms with Gasteiger partial charge in [-0.05, 0) is 31.5 Å². The minimum Gasteiger partial charge on any atom is -0.313 e. The number of nitrogens with one attached hydrogen (secondary N) is 1. The van der Waals surface area contributed by atoms with Gasteiger partial charge in [-0.2, -0.15) is 10.2 Å². The molecule has 27 heavy (non-hydrogen) atoms. The molecule has 9 heteroatoms. The minimum absolute atomic E-state index is 0.0320. The zero-order chi connectivity index (χ0) is 18.8. The molecule has 0 amide bonds. The molecule has 0 saturated heterocycles. The van der Waals surface area contributed by atoms with Crippen LogP contribution in [0.15, 0.2) is 48.8 Å². The normalized spacial score (nSPS) is 12.3. The molecule has 0 bridgehead atoms. The standard InChI is InChI=1S/C18H18ClN7S/c1-12-7-10-26(23-12)13(2)17-21-22-18(27-17)20-16-8-9-25(24-16)11-14-5-3-4-6-15(14)19/h3-10,13H,11H2,1-2H3,(H,20,22,24).